The molecule has 1 heterocycles. The number of nitrogens with zero attached hydrogens (tertiary/aromatic N) is 1. The molecule has 2 aliphatic rings. The molecular formula is C13H23N3OS. The minimum Gasteiger partial charge on any atom is -0.359 e. The minimum atomic E-state index is 0.0137. The number of rotatable bonds is 3. The van der Waals surface area contributed by atoms with E-state index in [1.54, 1.807) is 0 Å². The van der Waals surface area contributed by atoms with Crippen LogP contribution in [-0.4, -0.2) is 35.5 Å². The van der Waals surface area contributed by atoms with Crippen molar-refractivity contribution in [1.82, 2.24) is 10.6 Å². The quantitative estimate of drug-likeness (QED) is 0.768. The maximum absolute atomic E-state index is 10.7. The Morgan fingerprint density at radius 2 is 2.50 bits per heavy atom. The summed E-state index contributed by atoms with van der Waals surface area (Å²) in [6.45, 7) is 5.18. The van der Waals surface area contributed by atoms with E-state index in [1.807, 2.05) is 11.8 Å². The van der Waals surface area contributed by atoms with E-state index >= 15 is 0 Å². The van der Waals surface area contributed by atoms with Gasteiger partial charge in [0.15, 0.2) is 5.17 Å². The summed E-state index contributed by atoms with van der Waals surface area (Å²) in [6, 6.07) is 0. The average Bonchev–Trinajstić information content (AvgIpc) is 2.67. The van der Waals surface area contributed by atoms with E-state index in [0.717, 1.165) is 16.8 Å². The number of aliphatic imine (C=N–C) groups is 1. The second-order valence-corrected chi connectivity index (χ2v) is 6.53. The van der Waals surface area contributed by atoms with Gasteiger partial charge in [-0.2, -0.15) is 0 Å². The molecule has 1 saturated carbocycles. The van der Waals surface area contributed by atoms with Gasteiger partial charge in [0, 0.05) is 24.8 Å². The molecule has 2 atom stereocenters. The number of carbonyl (C=O) groups excluding carboxylic acids is 1. The van der Waals surface area contributed by atoms with Crippen LogP contribution in [0.25, 0.3) is 0 Å². The van der Waals surface area contributed by atoms with Crippen molar-refractivity contribution in [3.63, 3.8) is 0 Å². The average molecular weight is 269 g/mol. The topological polar surface area (TPSA) is 53.5 Å². The number of carbonyl (C=O) groups is 1. The van der Waals surface area contributed by atoms with E-state index < -0.39 is 0 Å². The van der Waals surface area contributed by atoms with Gasteiger partial charge in [-0.15, -0.1) is 0 Å². The molecule has 0 aromatic carbocycles. The second kappa shape index (κ2) is 5.95. The summed E-state index contributed by atoms with van der Waals surface area (Å²) < 4.78 is 0. The van der Waals surface area contributed by atoms with Crippen LogP contribution in [0, 0.1) is 5.92 Å². The maximum atomic E-state index is 10.7. The zero-order valence-corrected chi connectivity index (χ0v) is 12.1. The first-order valence-electron chi connectivity index (χ1n) is 6.79. The fourth-order valence-electron chi connectivity index (χ4n) is 2.88. The molecule has 2 unspecified atom stereocenters. The van der Waals surface area contributed by atoms with Crippen molar-refractivity contribution in [3.05, 3.63) is 0 Å². The van der Waals surface area contributed by atoms with Crippen molar-refractivity contribution in [2.45, 2.75) is 45.1 Å². The SMILES string of the molecule is CC(=O)NCCN=C1NC2(CCCC(C)C2)CS1. The zero-order valence-electron chi connectivity index (χ0n) is 11.3. The smallest absolute Gasteiger partial charge is 0.216 e. The Bertz CT molecular complexity index is 345. The molecule has 2 N–H and O–H groups in total. The molecular weight excluding hydrogens is 246 g/mol. The number of thioether (sulfide) groups is 1. The predicted molar refractivity (Wildman–Crippen MR) is 76.9 cm³/mol. The largest absolute Gasteiger partial charge is 0.359 e. The first kappa shape index (κ1) is 13.7. The Labute approximate surface area is 113 Å². The van der Waals surface area contributed by atoms with E-state index in [9.17, 15) is 4.79 Å². The van der Waals surface area contributed by atoms with Gasteiger partial charge in [0.1, 0.15) is 0 Å². The third-order valence-corrected chi connectivity index (χ3v) is 4.89. The molecule has 5 heteroatoms. The number of amides is 1. The van der Waals surface area contributed by atoms with Crippen molar-refractivity contribution in [1.29, 1.82) is 0 Å². The molecule has 4 nitrogen and oxygen atoms in total. The fraction of sp³-hybridized carbons (Fsp3) is 0.846. The fourth-order valence-corrected chi connectivity index (χ4v) is 4.10. The Morgan fingerprint density at radius 3 is 3.22 bits per heavy atom. The van der Waals surface area contributed by atoms with Crippen molar-refractivity contribution < 1.29 is 4.79 Å². The van der Waals surface area contributed by atoms with Crippen LogP contribution in [0.5, 0.6) is 0 Å². The molecule has 0 radical (unpaired) electrons. The molecule has 1 amide bonds. The van der Waals surface area contributed by atoms with Crippen molar-refractivity contribution in [2.24, 2.45) is 10.9 Å². The van der Waals surface area contributed by atoms with Crippen LogP contribution in [0.3, 0.4) is 0 Å². The minimum absolute atomic E-state index is 0.0137. The molecule has 1 saturated heterocycles. The zero-order chi connectivity index (χ0) is 13.0. The molecule has 1 spiro atoms. The second-order valence-electron chi connectivity index (χ2n) is 5.57. The number of hydrogen-bond donors (Lipinski definition) is 2. The summed E-state index contributed by atoms with van der Waals surface area (Å²) in [4.78, 5) is 15.3. The highest BCUT2D eigenvalue weighted by molar-refractivity contribution is 8.14. The Kier molecular flexibility index (Phi) is 4.54. The summed E-state index contributed by atoms with van der Waals surface area (Å²) in [5.74, 6) is 1.99. The lowest BCUT2D eigenvalue weighted by Gasteiger charge is -2.36. The molecule has 0 bridgehead atoms. The van der Waals surface area contributed by atoms with Crippen LogP contribution in [0.1, 0.15) is 39.5 Å². The number of hydrogen-bond acceptors (Lipinski definition) is 3. The van der Waals surface area contributed by atoms with Gasteiger partial charge in [0.2, 0.25) is 5.91 Å². The highest BCUT2D eigenvalue weighted by atomic mass is 32.2. The van der Waals surface area contributed by atoms with Crippen LogP contribution < -0.4 is 10.6 Å². The van der Waals surface area contributed by atoms with E-state index in [0.29, 0.717) is 18.6 Å². The van der Waals surface area contributed by atoms with Gasteiger partial charge >= 0.3 is 0 Å². The third kappa shape index (κ3) is 3.64. The first-order chi connectivity index (χ1) is 8.60. The first-order valence-corrected chi connectivity index (χ1v) is 7.78. The lowest BCUT2D eigenvalue weighted by molar-refractivity contribution is -0.118. The Morgan fingerprint density at radius 1 is 1.67 bits per heavy atom. The van der Waals surface area contributed by atoms with E-state index in [-0.39, 0.29) is 5.91 Å². The molecule has 2 rings (SSSR count). The van der Waals surface area contributed by atoms with Crippen LogP contribution in [0.2, 0.25) is 0 Å². The summed E-state index contributed by atoms with van der Waals surface area (Å²) >= 11 is 1.83. The molecule has 102 valence electrons. The molecule has 0 aromatic rings. The van der Waals surface area contributed by atoms with Gasteiger partial charge in [-0.1, -0.05) is 31.5 Å². The molecule has 0 aromatic heterocycles. The normalized spacial score (nSPS) is 33.7. The van der Waals surface area contributed by atoms with Gasteiger partial charge in [0.25, 0.3) is 0 Å². The number of nitrogens with one attached hydrogen (secondary N) is 2. The molecule has 1 aliphatic heterocycles. The van der Waals surface area contributed by atoms with Crippen LogP contribution in [-0.2, 0) is 4.79 Å². The van der Waals surface area contributed by atoms with E-state index in [2.05, 4.69) is 22.5 Å². The standard InChI is InChI=1S/C13H23N3OS/c1-10-4-3-5-13(8-10)9-18-12(16-13)15-7-6-14-11(2)17/h10H,3-9H2,1-2H3,(H,14,17)(H,15,16). The summed E-state index contributed by atoms with van der Waals surface area (Å²) in [6.07, 6.45) is 5.23. The van der Waals surface area contributed by atoms with Crippen molar-refractivity contribution in [2.75, 3.05) is 18.8 Å². The molecule has 2 fully saturated rings. The third-order valence-electron chi connectivity index (χ3n) is 3.69. The predicted octanol–water partition coefficient (Wildman–Crippen LogP) is 1.76. The van der Waals surface area contributed by atoms with Gasteiger partial charge in [-0.05, 0) is 18.8 Å². The highest BCUT2D eigenvalue weighted by Gasteiger charge is 2.40. The lowest BCUT2D eigenvalue weighted by Crippen LogP contribution is -2.47. The highest BCUT2D eigenvalue weighted by Crippen LogP contribution is 2.38. The molecule has 1 aliphatic carbocycles. The van der Waals surface area contributed by atoms with E-state index in [1.165, 1.54) is 32.6 Å². The van der Waals surface area contributed by atoms with Gasteiger partial charge in [0.05, 0.1) is 6.54 Å². The molecule has 18 heavy (non-hydrogen) atoms. The van der Waals surface area contributed by atoms with Gasteiger partial charge < -0.3 is 10.6 Å². The number of amidine groups is 1. The van der Waals surface area contributed by atoms with Gasteiger partial charge in [-0.25, -0.2) is 0 Å². The summed E-state index contributed by atoms with van der Waals surface area (Å²) in [7, 11) is 0. The monoisotopic (exact) mass is 269 g/mol. The lowest BCUT2D eigenvalue weighted by atomic mass is 9.78. The maximum Gasteiger partial charge on any atom is 0.216 e. The van der Waals surface area contributed by atoms with Crippen LogP contribution in [0.15, 0.2) is 4.99 Å². The van der Waals surface area contributed by atoms with Crippen LogP contribution >= 0.6 is 11.8 Å². The summed E-state index contributed by atoms with van der Waals surface area (Å²) in [5.41, 5.74) is 0.301. The van der Waals surface area contributed by atoms with Crippen molar-refractivity contribution in [3.8, 4) is 0 Å². The Hall–Kier alpha value is -0.710. The van der Waals surface area contributed by atoms with Crippen molar-refractivity contribution >= 4 is 22.8 Å². The van der Waals surface area contributed by atoms with Crippen LogP contribution in [0.4, 0.5) is 0 Å². The summed E-state index contributed by atoms with van der Waals surface area (Å²) in [5, 5.41) is 7.45. The van der Waals surface area contributed by atoms with Gasteiger partial charge in [-0.3, -0.25) is 9.79 Å². The Balaban J connectivity index is 1.80. The van der Waals surface area contributed by atoms with E-state index in [4.69, 9.17) is 0 Å².